The zero-order valence-corrected chi connectivity index (χ0v) is 11.0. The van der Waals surface area contributed by atoms with Gasteiger partial charge in [-0.25, -0.2) is 18.4 Å². The Labute approximate surface area is 110 Å². The number of urea groups is 1. The van der Waals surface area contributed by atoms with Gasteiger partial charge in [0.2, 0.25) is 10.0 Å². The van der Waals surface area contributed by atoms with Gasteiger partial charge < -0.3 is 10.6 Å². The van der Waals surface area contributed by atoms with Crippen LogP contribution in [-0.2, 0) is 16.6 Å². The Morgan fingerprint density at radius 2 is 1.95 bits per heavy atom. The van der Waals surface area contributed by atoms with Crippen LogP contribution in [0.4, 0.5) is 18.0 Å². The number of carbonyl (C=O) groups is 1. The predicted octanol–water partition coefficient (Wildman–Crippen LogP) is 0.757. The maximum absolute atomic E-state index is 11.8. The molecule has 1 rings (SSSR count). The zero-order valence-electron chi connectivity index (χ0n) is 9.32. The predicted molar refractivity (Wildman–Crippen MR) is 62.0 cm³/mol. The molecule has 1 aromatic rings. The summed E-state index contributed by atoms with van der Waals surface area (Å²) in [5.41, 5.74) is 0. The number of sulfonamides is 1. The summed E-state index contributed by atoms with van der Waals surface area (Å²) in [6.45, 7) is -1.53. The number of thiophene rings is 1. The largest absolute Gasteiger partial charge is 0.405 e. The van der Waals surface area contributed by atoms with Crippen molar-refractivity contribution < 1.29 is 26.4 Å². The number of rotatable bonds is 4. The lowest BCUT2D eigenvalue weighted by atomic mass is 10.5. The summed E-state index contributed by atoms with van der Waals surface area (Å²) in [6, 6.07) is 1.67. The van der Waals surface area contributed by atoms with Gasteiger partial charge in [-0.2, -0.15) is 13.2 Å². The minimum atomic E-state index is -4.49. The molecule has 0 aliphatic carbocycles. The van der Waals surface area contributed by atoms with Crippen LogP contribution >= 0.6 is 11.3 Å². The molecule has 6 nitrogen and oxygen atoms in total. The molecule has 11 heteroatoms. The van der Waals surface area contributed by atoms with Gasteiger partial charge >= 0.3 is 12.2 Å². The SMILES string of the molecule is NS(=O)(=O)c1ccc(CNC(=O)NCC(F)(F)F)s1. The molecule has 0 saturated carbocycles. The van der Waals surface area contributed by atoms with E-state index in [0.717, 1.165) is 11.3 Å². The summed E-state index contributed by atoms with van der Waals surface area (Å²) < 4.78 is 57.2. The first-order valence-corrected chi connectivity index (χ1v) is 7.14. The molecule has 0 bridgehead atoms. The van der Waals surface area contributed by atoms with Gasteiger partial charge in [-0.05, 0) is 12.1 Å². The molecule has 0 aromatic carbocycles. The molecule has 0 aliphatic rings. The van der Waals surface area contributed by atoms with E-state index >= 15 is 0 Å². The number of hydrogen-bond acceptors (Lipinski definition) is 4. The molecule has 0 atom stereocenters. The van der Waals surface area contributed by atoms with Crippen molar-refractivity contribution in [1.82, 2.24) is 10.6 Å². The van der Waals surface area contributed by atoms with Crippen molar-refractivity contribution in [3.05, 3.63) is 17.0 Å². The molecule has 1 heterocycles. The van der Waals surface area contributed by atoms with Crippen molar-refractivity contribution in [1.29, 1.82) is 0 Å². The van der Waals surface area contributed by atoms with Crippen LogP contribution in [-0.4, -0.2) is 27.2 Å². The molecule has 0 saturated heterocycles. The molecule has 0 aliphatic heterocycles. The summed E-state index contributed by atoms with van der Waals surface area (Å²) in [6.07, 6.45) is -4.49. The number of nitrogens with one attached hydrogen (secondary N) is 2. The molecule has 4 N–H and O–H groups in total. The van der Waals surface area contributed by atoms with E-state index in [-0.39, 0.29) is 10.8 Å². The molecule has 0 unspecified atom stereocenters. The topological polar surface area (TPSA) is 101 Å². The van der Waals surface area contributed by atoms with Crippen molar-refractivity contribution in [2.45, 2.75) is 16.9 Å². The number of halogens is 3. The van der Waals surface area contributed by atoms with Gasteiger partial charge in [0.15, 0.2) is 0 Å². The number of hydrogen-bond donors (Lipinski definition) is 3. The lowest BCUT2D eigenvalue weighted by Gasteiger charge is -2.08. The lowest BCUT2D eigenvalue weighted by Crippen LogP contribution is -2.40. The lowest BCUT2D eigenvalue weighted by molar-refractivity contribution is -0.122. The quantitative estimate of drug-likeness (QED) is 0.764. The van der Waals surface area contributed by atoms with Crippen molar-refractivity contribution in [3.63, 3.8) is 0 Å². The third kappa shape index (κ3) is 5.89. The first kappa shape index (κ1) is 15.7. The first-order valence-electron chi connectivity index (χ1n) is 4.78. The van der Waals surface area contributed by atoms with Crippen molar-refractivity contribution in [2.24, 2.45) is 5.14 Å². The highest BCUT2D eigenvalue weighted by Crippen LogP contribution is 2.19. The second kappa shape index (κ2) is 5.75. The molecular weight excluding hydrogens is 307 g/mol. The molecular formula is C8H10F3N3O3S2. The molecule has 0 spiro atoms. The van der Waals surface area contributed by atoms with Crippen LogP contribution in [0.5, 0.6) is 0 Å². The van der Waals surface area contributed by atoms with E-state index in [1.54, 1.807) is 5.32 Å². The van der Waals surface area contributed by atoms with Gasteiger partial charge in [-0.15, -0.1) is 11.3 Å². The highest BCUT2D eigenvalue weighted by molar-refractivity contribution is 7.91. The summed E-state index contributed by atoms with van der Waals surface area (Å²) in [4.78, 5) is 11.5. The van der Waals surface area contributed by atoms with Crippen LogP contribution in [0.2, 0.25) is 0 Å². The van der Waals surface area contributed by atoms with E-state index in [9.17, 15) is 26.4 Å². The Hall–Kier alpha value is -1.33. The Bertz CT molecular complexity index is 553. The van der Waals surface area contributed by atoms with Crippen LogP contribution in [0, 0.1) is 0 Å². The minimum absolute atomic E-state index is 0.0833. The fourth-order valence-electron chi connectivity index (χ4n) is 1.02. The zero-order chi connectivity index (χ0) is 14.7. The summed E-state index contributed by atoms with van der Waals surface area (Å²) in [5, 5.41) is 8.66. The Balaban J connectivity index is 2.45. The van der Waals surface area contributed by atoms with E-state index in [1.165, 1.54) is 12.1 Å². The van der Waals surface area contributed by atoms with Crippen molar-refractivity contribution >= 4 is 27.4 Å². The number of amides is 2. The van der Waals surface area contributed by atoms with Gasteiger partial charge in [0.05, 0.1) is 6.54 Å². The van der Waals surface area contributed by atoms with Gasteiger partial charge in [0.25, 0.3) is 0 Å². The fraction of sp³-hybridized carbons (Fsp3) is 0.375. The Morgan fingerprint density at radius 1 is 1.32 bits per heavy atom. The van der Waals surface area contributed by atoms with Crippen LogP contribution in [0.25, 0.3) is 0 Å². The molecule has 108 valence electrons. The van der Waals surface area contributed by atoms with Gasteiger partial charge in [-0.3, -0.25) is 0 Å². The Morgan fingerprint density at radius 3 is 2.42 bits per heavy atom. The first-order chi connectivity index (χ1) is 8.58. The molecule has 1 aromatic heterocycles. The smallest absolute Gasteiger partial charge is 0.333 e. The number of primary sulfonamides is 1. The van der Waals surface area contributed by atoms with Crippen LogP contribution in [0.1, 0.15) is 4.88 Å². The standard InChI is InChI=1S/C8H10F3N3O3S2/c9-8(10,11)4-14-7(15)13-3-5-1-2-6(18-5)19(12,16)17/h1-2H,3-4H2,(H2,12,16,17)(H2,13,14,15). The average Bonchev–Trinajstić information content (AvgIpc) is 2.70. The number of nitrogens with two attached hydrogens (primary N) is 1. The van der Waals surface area contributed by atoms with E-state index < -0.39 is 28.8 Å². The van der Waals surface area contributed by atoms with Crippen molar-refractivity contribution in [3.8, 4) is 0 Å². The highest BCUT2D eigenvalue weighted by atomic mass is 32.2. The summed E-state index contributed by atoms with van der Waals surface area (Å²) in [5.74, 6) is 0. The third-order valence-corrected chi connectivity index (χ3v) is 4.31. The van der Waals surface area contributed by atoms with E-state index in [4.69, 9.17) is 5.14 Å². The summed E-state index contributed by atoms with van der Waals surface area (Å²) in [7, 11) is -3.81. The van der Waals surface area contributed by atoms with Gasteiger partial charge in [-0.1, -0.05) is 0 Å². The normalized spacial score (nSPS) is 12.2. The molecule has 19 heavy (non-hydrogen) atoms. The second-order valence-electron chi connectivity index (χ2n) is 3.42. The van der Waals surface area contributed by atoms with Crippen LogP contribution in [0.3, 0.4) is 0 Å². The molecule has 2 amide bonds. The number of alkyl halides is 3. The van der Waals surface area contributed by atoms with Crippen LogP contribution < -0.4 is 15.8 Å². The van der Waals surface area contributed by atoms with E-state index in [0.29, 0.717) is 4.88 Å². The van der Waals surface area contributed by atoms with Gasteiger partial charge in [0, 0.05) is 4.88 Å². The van der Waals surface area contributed by atoms with Gasteiger partial charge in [0.1, 0.15) is 10.8 Å². The second-order valence-corrected chi connectivity index (χ2v) is 6.37. The maximum Gasteiger partial charge on any atom is 0.405 e. The van der Waals surface area contributed by atoms with E-state index in [2.05, 4.69) is 5.32 Å². The molecule has 0 radical (unpaired) electrons. The number of carbonyl (C=O) groups excluding carboxylic acids is 1. The van der Waals surface area contributed by atoms with Crippen molar-refractivity contribution in [2.75, 3.05) is 6.54 Å². The minimum Gasteiger partial charge on any atom is -0.333 e. The summed E-state index contributed by atoms with van der Waals surface area (Å²) >= 11 is 0.828. The fourth-order valence-corrected chi connectivity index (χ4v) is 2.73. The average molecular weight is 317 g/mol. The Kier molecular flexibility index (Phi) is 4.76. The third-order valence-electron chi connectivity index (χ3n) is 1.79. The monoisotopic (exact) mass is 317 g/mol. The maximum atomic E-state index is 11.8. The van der Waals surface area contributed by atoms with E-state index in [1.807, 2.05) is 0 Å². The highest BCUT2D eigenvalue weighted by Gasteiger charge is 2.27. The van der Waals surface area contributed by atoms with Crippen LogP contribution in [0.15, 0.2) is 16.3 Å². The molecule has 0 fully saturated rings.